The van der Waals surface area contributed by atoms with E-state index < -0.39 is 0 Å². The molecular weight excluding hydrogens is 336 g/mol. The monoisotopic (exact) mass is 364 g/mol. The lowest BCUT2D eigenvalue weighted by molar-refractivity contribution is -0.133. The summed E-state index contributed by atoms with van der Waals surface area (Å²) in [6.07, 6.45) is 3.13. The van der Waals surface area contributed by atoms with Crippen molar-refractivity contribution in [2.45, 2.75) is 38.6 Å². The summed E-state index contributed by atoms with van der Waals surface area (Å²) in [5, 5.41) is 3.03. The average molecular weight is 364 g/mol. The number of amides is 2. The Hall–Kier alpha value is -2.62. The van der Waals surface area contributed by atoms with Crippen molar-refractivity contribution in [3.63, 3.8) is 0 Å². The molecule has 1 aliphatic carbocycles. The first-order valence-electron chi connectivity index (χ1n) is 9.80. The molecule has 1 aliphatic rings. The van der Waals surface area contributed by atoms with Crippen LogP contribution in [0.25, 0.3) is 0 Å². The van der Waals surface area contributed by atoms with E-state index in [0.29, 0.717) is 19.5 Å². The van der Waals surface area contributed by atoms with Crippen molar-refractivity contribution in [2.75, 3.05) is 13.1 Å². The Balaban J connectivity index is 1.50. The fourth-order valence-corrected chi connectivity index (χ4v) is 3.20. The maximum absolute atomic E-state index is 12.6. The minimum atomic E-state index is -0.0318. The van der Waals surface area contributed by atoms with Gasteiger partial charge >= 0.3 is 0 Å². The minimum absolute atomic E-state index is 0.0142. The molecule has 2 aromatic carbocycles. The fourth-order valence-electron chi connectivity index (χ4n) is 3.20. The van der Waals surface area contributed by atoms with Crippen molar-refractivity contribution in [3.8, 4) is 0 Å². The van der Waals surface area contributed by atoms with Gasteiger partial charge in [0.15, 0.2) is 0 Å². The maximum atomic E-state index is 12.6. The highest BCUT2D eigenvalue weighted by atomic mass is 16.2. The van der Waals surface area contributed by atoms with Crippen LogP contribution >= 0.6 is 0 Å². The zero-order valence-corrected chi connectivity index (χ0v) is 15.9. The van der Waals surface area contributed by atoms with E-state index in [1.807, 2.05) is 60.4 Å². The van der Waals surface area contributed by atoms with Crippen molar-refractivity contribution in [3.05, 3.63) is 71.8 Å². The van der Waals surface area contributed by atoms with E-state index in [4.69, 9.17) is 0 Å². The molecule has 0 aliphatic heterocycles. The molecule has 2 aromatic rings. The lowest BCUT2D eigenvalue weighted by atomic mass is 10.1. The van der Waals surface area contributed by atoms with E-state index in [9.17, 15) is 9.59 Å². The Morgan fingerprint density at radius 2 is 1.63 bits per heavy atom. The minimum Gasteiger partial charge on any atom is -0.350 e. The summed E-state index contributed by atoms with van der Waals surface area (Å²) in [5.74, 6) is 0.363. The van der Waals surface area contributed by atoms with Crippen molar-refractivity contribution < 1.29 is 9.59 Å². The first kappa shape index (κ1) is 19.2. The van der Waals surface area contributed by atoms with Gasteiger partial charge in [0, 0.05) is 25.4 Å². The third kappa shape index (κ3) is 5.95. The number of nitrogens with one attached hydrogen (secondary N) is 1. The first-order chi connectivity index (χ1) is 13.1. The SMILES string of the molecule is CC(NC(=O)CCN(CCc1ccccc1)C(=O)C1CC1)c1ccccc1. The van der Waals surface area contributed by atoms with Crippen LogP contribution < -0.4 is 5.32 Å². The number of carbonyl (C=O) groups is 2. The van der Waals surface area contributed by atoms with E-state index in [0.717, 1.165) is 24.8 Å². The van der Waals surface area contributed by atoms with Gasteiger partial charge in [-0.2, -0.15) is 0 Å². The van der Waals surface area contributed by atoms with Crippen LogP contribution in [0.3, 0.4) is 0 Å². The van der Waals surface area contributed by atoms with Gasteiger partial charge in [0.1, 0.15) is 0 Å². The molecule has 4 nitrogen and oxygen atoms in total. The Morgan fingerprint density at radius 3 is 2.26 bits per heavy atom. The van der Waals surface area contributed by atoms with Crippen molar-refractivity contribution in [1.82, 2.24) is 10.2 Å². The largest absolute Gasteiger partial charge is 0.350 e. The van der Waals surface area contributed by atoms with Gasteiger partial charge in [-0.15, -0.1) is 0 Å². The van der Waals surface area contributed by atoms with Crippen LogP contribution in [-0.2, 0) is 16.0 Å². The number of hydrogen-bond donors (Lipinski definition) is 1. The summed E-state index contributed by atoms with van der Waals surface area (Å²) in [6, 6.07) is 20.1. The van der Waals surface area contributed by atoms with Crippen LogP contribution in [0.1, 0.15) is 43.4 Å². The predicted molar refractivity (Wildman–Crippen MR) is 107 cm³/mol. The first-order valence-corrected chi connectivity index (χ1v) is 9.80. The Bertz CT molecular complexity index is 741. The van der Waals surface area contributed by atoms with Crippen LogP contribution in [0, 0.1) is 5.92 Å². The topological polar surface area (TPSA) is 49.4 Å². The molecule has 142 valence electrons. The number of nitrogens with zero attached hydrogens (tertiary/aromatic N) is 1. The zero-order chi connectivity index (χ0) is 19.1. The quantitative estimate of drug-likeness (QED) is 0.737. The normalized spacial score (nSPS) is 14.4. The highest BCUT2D eigenvalue weighted by Gasteiger charge is 2.33. The van der Waals surface area contributed by atoms with Crippen LogP contribution in [0.15, 0.2) is 60.7 Å². The van der Waals surface area contributed by atoms with Crippen LogP contribution in [0.5, 0.6) is 0 Å². The van der Waals surface area contributed by atoms with Gasteiger partial charge < -0.3 is 10.2 Å². The average Bonchev–Trinajstić information content (AvgIpc) is 3.54. The van der Waals surface area contributed by atoms with Gasteiger partial charge in [-0.05, 0) is 37.3 Å². The third-order valence-electron chi connectivity index (χ3n) is 5.04. The van der Waals surface area contributed by atoms with Gasteiger partial charge in [0.05, 0.1) is 6.04 Å². The molecule has 1 saturated carbocycles. The second-order valence-corrected chi connectivity index (χ2v) is 7.29. The molecule has 27 heavy (non-hydrogen) atoms. The molecular formula is C23H28N2O2. The summed E-state index contributed by atoms with van der Waals surface area (Å²) in [5.41, 5.74) is 2.30. The summed E-state index contributed by atoms with van der Waals surface area (Å²) in [7, 11) is 0. The molecule has 0 saturated heterocycles. The molecule has 0 bridgehead atoms. The molecule has 2 amide bonds. The summed E-state index contributed by atoms with van der Waals surface area (Å²) in [6.45, 7) is 3.13. The van der Waals surface area contributed by atoms with Gasteiger partial charge in [0.2, 0.25) is 11.8 Å². The second kappa shape index (κ2) is 9.36. The van der Waals surface area contributed by atoms with Crippen LogP contribution in [-0.4, -0.2) is 29.8 Å². The molecule has 0 heterocycles. The van der Waals surface area contributed by atoms with Crippen molar-refractivity contribution in [1.29, 1.82) is 0 Å². The van der Waals surface area contributed by atoms with Crippen molar-refractivity contribution >= 4 is 11.8 Å². The molecule has 0 spiro atoms. The fraction of sp³-hybridized carbons (Fsp3) is 0.391. The van der Waals surface area contributed by atoms with E-state index in [1.54, 1.807) is 0 Å². The standard InChI is InChI=1S/C23H28N2O2/c1-18(20-10-6-3-7-11-20)24-22(26)15-17-25(23(27)21-12-13-21)16-14-19-8-4-2-5-9-19/h2-11,18,21H,12-17H2,1H3,(H,24,26). The summed E-state index contributed by atoms with van der Waals surface area (Å²) < 4.78 is 0. The number of rotatable bonds is 9. The lowest BCUT2D eigenvalue weighted by Gasteiger charge is -2.23. The zero-order valence-electron chi connectivity index (χ0n) is 15.9. The Labute approximate surface area is 161 Å². The molecule has 1 N–H and O–H groups in total. The predicted octanol–water partition coefficient (Wildman–Crippen LogP) is 3.74. The summed E-state index contributed by atoms with van der Waals surface area (Å²) in [4.78, 5) is 26.8. The van der Waals surface area contributed by atoms with Gasteiger partial charge in [-0.25, -0.2) is 0 Å². The van der Waals surface area contributed by atoms with E-state index in [-0.39, 0.29) is 23.8 Å². The van der Waals surface area contributed by atoms with E-state index in [2.05, 4.69) is 17.4 Å². The summed E-state index contributed by atoms with van der Waals surface area (Å²) >= 11 is 0. The Morgan fingerprint density at radius 1 is 1.00 bits per heavy atom. The highest BCUT2D eigenvalue weighted by Crippen LogP contribution is 2.31. The highest BCUT2D eigenvalue weighted by molar-refractivity contribution is 5.82. The molecule has 1 atom stereocenters. The van der Waals surface area contributed by atoms with Crippen molar-refractivity contribution in [2.24, 2.45) is 5.92 Å². The van der Waals surface area contributed by atoms with E-state index in [1.165, 1.54) is 5.56 Å². The van der Waals surface area contributed by atoms with Gasteiger partial charge in [-0.3, -0.25) is 9.59 Å². The lowest BCUT2D eigenvalue weighted by Crippen LogP contribution is -2.38. The number of hydrogen-bond acceptors (Lipinski definition) is 2. The van der Waals surface area contributed by atoms with Crippen LogP contribution in [0.4, 0.5) is 0 Å². The van der Waals surface area contributed by atoms with Gasteiger partial charge in [0.25, 0.3) is 0 Å². The molecule has 1 fully saturated rings. The molecule has 0 aromatic heterocycles. The molecule has 3 rings (SSSR count). The number of carbonyl (C=O) groups excluding carboxylic acids is 2. The molecule has 4 heteroatoms. The van der Waals surface area contributed by atoms with Crippen LogP contribution in [0.2, 0.25) is 0 Å². The number of benzene rings is 2. The second-order valence-electron chi connectivity index (χ2n) is 7.29. The maximum Gasteiger partial charge on any atom is 0.225 e. The smallest absolute Gasteiger partial charge is 0.225 e. The molecule has 0 radical (unpaired) electrons. The van der Waals surface area contributed by atoms with Gasteiger partial charge in [-0.1, -0.05) is 60.7 Å². The third-order valence-corrected chi connectivity index (χ3v) is 5.04. The van der Waals surface area contributed by atoms with E-state index >= 15 is 0 Å². The molecule has 1 unspecified atom stereocenters. The Kier molecular flexibility index (Phi) is 6.64.